The first-order valence-electron chi connectivity index (χ1n) is 13.2. The molecule has 4 atom stereocenters. The summed E-state index contributed by atoms with van der Waals surface area (Å²) in [4.78, 5) is 42.0. The van der Waals surface area contributed by atoms with Gasteiger partial charge < -0.3 is 20.9 Å². The van der Waals surface area contributed by atoms with E-state index in [1.165, 1.54) is 0 Å². The van der Waals surface area contributed by atoms with Crippen molar-refractivity contribution < 1.29 is 14.4 Å². The van der Waals surface area contributed by atoms with Gasteiger partial charge in [0.25, 0.3) is 0 Å². The Morgan fingerprint density at radius 1 is 1.14 bits per heavy atom. The highest BCUT2D eigenvalue weighted by Gasteiger charge is 2.43. The number of allylic oxidation sites excluding steroid dienone is 1. The average molecular weight is 507 g/mol. The Bertz CT molecular complexity index is 1160. The first-order valence-corrected chi connectivity index (χ1v) is 13.2. The average Bonchev–Trinajstić information content (AvgIpc) is 3.48. The van der Waals surface area contributed by atoms with Gasteiger partial charge in [-0.15, -0.1) is 0 Å². The molecule has 9 nitrogen and oxygen atoms in total. The van der Waals surface area contributed by atoms with Crippen LogP contribution in [0.4, 0.5) is 5.82 Å². The van der Waals surface area contributed by atoms with Crippen molar-refractivity contribution in [1.29, 1.82) is 0 Å². The highest BCUT2D eigenvalue weighted by molar-refractivity contribution is 5.99. The summed E-state index contributed by atoms with van der Waals surface area (Å²) in [5.41, 5.74) is 2.55. The molecule has 0 spiro atoms. The fraction of sp³-hybridized carbons (Fsp3) is 0.500. The van der Waals surface area contributed by atoms with Gasteiger partial charge in [-0.1, -0.05) is 31.2 Å². The molecule has 2 aromatic rings. The number of hydrogen-bond acceptors (Lipinski definition) is 5. The summed E-state index contributed by atoms with van der Waals surface area (Å²) in [6.45, 7) is 6.10. The van der Waals surface area contributed by atoms with Gasteiger partial charge in [0.15, 0.2) is 0 Å². The summed E-state index contributed by atoms with van der Waals surface area (Å²) in [6, 6.07) is 9.60. The van der Waals surface area contributed by atoms with Gasteiger partial charge in [0.05, 0.1) is 17.4 Å². The Hall–Kier alpha value is -3.46. The smallest absolute Gasteiger partial charge is 0.250 e. The molecule has 2 aliphatic rings. The molecule has 3 amide bonds. The van der Waals surface area contributed by atoms with Crippen LogP contribution in [0.15, 0.2) is 48.0 Å². The molecule has 3 N–H and O–H groups in total. The predicted octanol–water partition coefficient (Wildman–Crippen LogP) is 2.95. The number of likely N-dealkylation sites (tertiary alicyclic amines) is 1. The molecule has 1 aromatic carbocycles. The molecule has 1 aliphatic carbocycles. The van der Waals surface area contributed by atoms with Gasteiger partial charge in [0.1, 0.15) is 17.9 Å². The molecule has 1 aliphatic heterocycles. The van der Waals surface area contributed by atoms with Crippen LogP contribution in [0.1, 0.15) is 51.6 Å². The van der Waals surface area contributed by atoms with Crippen molar-refractivity contribution in [3.05, 3.63) is 53.7 Å². The van der Waals surface area contributed by atoms with E-state index < -0.39 is 18.1 Å². The molecule has 1 aromatic heterocycles. The summed E-state index contributed by atoms with van der Waals surface area (Å²) in [6.07, 6.45) is 6.50. The molecule has 0 radical (unpaired) electrons. The fourth-order valence-corrected chi connectivity index (χ4v) is 5.15. The summed E-state index contributed by atoms with van der Waals surface area (Å²) in [7, 11) is 1.71. The second-order valence-corrected chi connectivity index (χ2v) is 10.1. The highest BCUT2D eigenvalue weighted by Crippen LogP contribution is 2.29. The van der Waals surface area contributed by atoms with Crippen molar-refractivity contribution in [3.63, 3.8) is 0 Å². The molecule has 1 saturated heterocycles. The second kappa shape index (κ2) is 11.7. The number of hydrogen-bond donors (Lipinski definition) is 3. The van der Waals surface area contributed by atoms with Crippen LogP contribution in [0, 0.1) is 12.8 Å². The number of aryl methyl sites for hydroxylation is 1. The third-order valence-electron chi connectivity index (χ3n) is 7.39. The van der Waals surface area contributed by atoms with Crippen LogP contribution < -0.4 is 16.0 Å². The van der Waals surface area contributed by atoms with Gasteiger partial charge in [0.2, 0.25) is 17.7 Å². The first kappa shape index (κ1) is 26.6. The highest BCUT2D eigenvalue weighted by atomic mass is 16.2. The molecule has 1 fully saturated rings. The normalized spacial score (nSPS) is 21.2. The Kier molecular flexibility index (Phi) is 8.43. The van der Waals surface area contributed by atoms with E-state index in [1.54, 1.807) is 23.6 Å². The minimum Gasteiger partial charge on any atom is -0.339 e. The molecule has 2 heterocycles. The molecule has 37 heavy (non-hydrogen) atoms. The fourth-order valence-electron chi connectivity index (χ4n) is 5.15. The van der Waals surface area contributed by atoms with E-state index in [2.05, 4.69) is 27.1 Å². The summed E-state index contributed by atoms with van der Waals surface area (Å²) in [5.74, 6) is -0.166. The number of carbonyl (C=O) groups excluding carboxylic acids is 3. The van der Waals surface area contributed by atoms with E-state index in [-0.39, 0.29) is 23.6 Å². The quantitative estimate of drug-likeness (QED) is 0.477. The van der Waals surface area contributed by atoms with Crippen LogP contribution in [0.25, 0.3) is 5.69 Å². The second-order valence-electron chi connectivity index (χ2n) is 10.1. The SMILES string of the molecule is CN[C@@H](C)C(=O)N[C@H](C(=O)N1CC[C@H](C)[C@H]1C(=O)Nc1cc(C)nn1-c1ccccc1)C1=CCCCC1. The van der Waals surface area contributed by atoms with Crippen molar-refractivity contribution in [2.75, 3.05) is 18.9 Å². The monoisotopic (exact) mass is 506 g/mol. The molecule has 0 unspecified atom stereocenters. The number of benzene rings is 1. The van der Waals surface area contributed by atoms with Crippen molar-refractivity contribution in [3.8, 4) is 5.69 Å². The number of anilines is 1. The number of para-hydroxylation sites is 1. The lowest BCUT2D eigenvalue weighted by Crippen LogP contribution is -2.56. The minimum absolute atomic E-state index is 0.0222. The van der Waals surface area contributed by atoms with E-state index in [9.17, 15) is 14.4 Å². The third-order valence-corrected chi connectivity index (χ3v) is 7.39. The first-order chi connectivity index (χ1) is 17.8. The maximum absolute atomic E-state index is 13.9. The number of amides is 3. The van der Waals surface area contributed by atoms with Crippen molar-refractivity contribution in [2.24, 2.45) is 5.92 Å². The van der Waals surface area contributed by atoms with Crippen molar-refractivity contribution >= 4 is 23.5 Å². The zero-order chi connectivity index (χ0) is 26.5. The summed E-state index contributed by atoms with van der Waals surface area (Å²) >= 11 is 0. The Morgan fingerprint density at radius 3 is 2.57 bits per heavy atom. The van der Waals surface area contributed by atoms with E-state index in [1.807, 2.05) is 50.2 Å². The van der Waals surface area contributed by atoms with Gasteiger partial charge >= 0.3 is 0 Å². The van der Waals surface area contributed by atoms with E-state index in [0.717, 1.165) is 42.6 Å². The number of likely N-dealkylation sites (N-methyl/N-ethyl adjacent to an activating group) is 1. The number of aromatic nitrogens is 2. The van der Waals surface area contributed by atoms with Gasteiger partial charge in [-0.25, -0.2) is 4.68 Å². The van der Waals surface area contributed by atoms with Crippen LogP contribution >= 0.6 is 0 Å². The van der Waals surface area contributed by atoms with Crippen molar-refractivity contribution in [2.45, 2.75) is 71.0 Å². The van der Waals surface area contributed by atoms with Crippen LogP contribution in [-0.4, -0.2) is 64.1 Å². The third kappa shape index (κ3) is 5.93. The Labute approximate surface area is 218 Å². The lowest BCUT2D eigenvalue weighted by atomic mass is 9.92. The Morgan fingerprint density at radius 2 is 1.89 bits per heavy atom. The van der Waals surface area contributed by atoms with Crippen LogP contribution in [0.5, 0.6) is 0 Å². The number of carbonyl (C=O) groups is 3. The molecule has 0 saturated carbocycles. The number of nitrogens with one attached hydrogen (secondary N) is 3. The van der Waals surface area contributed by atoms with Gasteiger partial charge in [-0.05, 0) is 76.6 Å². The minimum atomic E-state index is -0.763. The van der Waals surface area contributed by atoms with Gasteiger partial charge in [-0.3, -0.25) is 14.4 Å². The van der Waals surface area contributed by atoms with E-state index >= 15 is 0 Å². The van der Waals surface area contributed by atoms with E-state index in [4.69, 9.17) is 0 Å². The molecule has 9 heteroatoms. The number of rotatable bonds is 8. The van der Waals surface area contributed by atoms with Crippen LogP contribution in [-0.2, 0) is 14.4 Å². The van der Waals surface area contributed by atoms with Crippen LogP contribution in [0.2, 0.25) is 0 Å². The van der Waals surface area contributed by atoms with Crippen LogP contribution in [0.3, 0.4) is 0 Å². The number of nitrogens with zero attached hydrogens (tertiary/aromatic N) is 3. The lowest BCUT2D eigenvalue weighted by Gasteiger charge is -2.32. The Balaban J connectivity index is 1.58. The lowest BCUT2D eigenvalue weighted by molar-refractivity contribution is -0.140. The standard InChI is InChI=1S/C28H38N6O3/c1-18-15-16-33(28(37)24(21-11-7-5-8-12-21)31-26(35)20(3)29-4)25(18)27(36)30-23-17-19(2)32-34(23)22-13-9-6-10-14-22/h6,9-11,13-14,17-18,20,24-25,29H,5,7-8,12,15-16H2,1-4H3,(H,30,36)(H,31,35)/t18-,20-,24-,25-/m0/s1. The van der Waals surface area contributed by atoms with E-state index in [0.29, 0.717) is 18.8 Å². The van der Waals surface area contributed by atoms with Crippen molar-refractivity contribution in [1.82, 2.24) is 25.3 Å². The van der Waals surface area contributed by atoms with Gasteiger partial charge in [-0.2, -0.15) is 5.10 Å². The topological polar surface area (TPSA) is 108 Å². The maximum Gasteiger partial charge on any atom is 0.250 e. The molecular formula is C28H38N6O3. The molecule has 4 rings (SSSR count). The predicted molar refractivity (Wildman–Crippen MR) is 143 cm³/mol. The molecular weight excluding hydrogens is 468 g/mol. The largest absolute Gasteiger partial charge is 0.339 e. The zero-order valence-electron chi connectivity index (χ0n) is 22.2. The summed E-state index contributed by atoms with van der Waals surface area (Å²) < 4.78 is 1.70. The zero-order valence-corrected chi connectivity index (χ0v) is 22.2. The molecule has 198 valence electrons. The summed E-state index contributed by atoms with van der Waals surface area (Å²) in [5, 5.41) is 13.5. The molecule has 0 bridgehead atoms. The maximum atomic E-state index is 13.9. The van der Waals surface area contributed by atoms with Gasteiger partial charge in [0, 0.05) is 12.6 Å².